The van der Waals surface area contributed by atoms with Gasteiger partial charge in [0.2, 0.25) is 0 Å². The van der Waals surface area contributed by atoms with Crippen LogP contribution in [0.4, 0.5) is 0 Å². The highest BCUT2D eigenvalue weighted by atomic mass is 16.5. The zero-order valence-corrected chi connectivity index (χ0v) is 16.1. The Morgan fingerprint density at radius 3 is 2.83 bits per heavy atom. The Hall–Kier alpha value is -3.37. The molecule has 0 saturated heterocycles. The fraction of sp³-hybridized carbons (Fsp3) is 0.227. The molecule has 1 aliphatic carbocycles. The first kappa shape index (κ1) is 19.0. The van der Waals surface area contributed by atoms with Crippen molar-refractivity contribution < 1.29 is 4.74 Å². The summed E-state index contributed by atoms with van der Waals surface area (Å²) in [4.78, 5) is 8.65. The van der Waals surface area contributed by atoms with Gasteiger partial charge >= 0.3 is 0 Å². The Kier molecular flexibility index (Phi) is 5.45. The van der Waals surface area contributed by atoms with E-state index in [0.717, 1.165) is 40.9 Å². The Balaban J connectivity index is 1.62. The highest BCUT2D eigenvalue weighted by molar-refractivity contribution is 6.04. The number of benzene rings is 1. The van der Waals surface area contributed by atoms with E-state index in [-0.39, 0.29) is 6.04 Å². The van der Waals surface area contributed by atoms with Gasteiger partial charge in [-0.05, 0) is 68.3 Å². The summed E-state index contributed by atoms with van der Waals surface area (Å²) in [7, 11) is 5.53. The lowest BCUT2D eigenvalue weighted by atomic mass is 9.86. The van der Waals surface area contributed by atoms with Gasteiger partial charge < -0.3 is 9.96 Å². The van der Waals surface area contributed by atoms with Crippen molar-refractivity contribution in [1.29, 1.82) is 0 Å². The van der Waals surface area contributed by atoms with E-state index >= 15 is 0 Å². The predicted molar refractivity (Wildman–Crippen MR) is 114 cm³/mol. The molecule has 0 aliphatic heterocycles. The Bertz CT molecular complexity index is 1100. The quantitative estimate of drug-likeness (QED) is 0.307. The van der Waals surface area contributed by atoms with Gasteiger partial charge in [0, 0.05) is 11.8 Å². The molecule has 1 saturated carbocycles. The summed E-state index contributed by atoms with van der Waals surface area (Å²) in [6.07, 6.45) is 15.7. The highest BCUT2D eigenvalue weighted by Gasteiger charge is 2.31. The second kappa shape index (κ2) is 8.33. The molecule has 29 heavy (non-hydrogen) atoms. The van der Waals surface area contributed by atoms with Crippen molar-refractivity contribution in [2.75, 3.05) is 0 Å². The minimum atomic E-state index is 0.282. The molecule has 0 atom stereocenters. The van der Waals surface area contributed by atoms with E-state index < -0.39 is 0 Å². The number of rotatable bonds is 6. The molecule has 2 heterocycles. The molecule has 142 valence electrons. The maximum absolute atomic E-state index is 5.85. The first-order valence-electron chi connectivity index (χ1n) is 9.45. The lowest BCUT2D eigenvalue weighted by Gasteiger charge is -2.35. The highest BCUT2D eigenvalue weighted by Crippen LogP contribution is 2.36. The monoisotopic (exact) mass is 381 g/mol. The number of ether oxygens (including phenoxy) is 1. The minimum Gasteiger partial charge on any atom is -0.458 e. The summed E-state index contributed by atoms with van der Waals surface area (Å²) in [5.41, 5.74) is 2.67. The zero-order valence-electron chi connectivity index (χ0n) is 16.1. The summed E-state index contributed by atoms with van der Waals surface area (Å²) in [6.45, 7) is 1.90. The summed E-state index contributed by atoms with van der Waals surface area (Å²) < 4.78 is 7.84. The number of hydrogen-bond donors (Lipinski definition) is 1. The zero-order chi connectivity index (χ0) is 20.2. The maximum Gasteiger partial charge on any atom is 0.178 e. The SMILES string of the molecule is [B]NC1CC(n2nc(-c3ccc(OC(/C=C\C#C)=C/C)cc3)c3cncnc32)C1. The summed E-state index contributed by atoms with van der Waals surface area (Å²) in [6, 6.07) is 8.40. The number of allylic oxidation sites excluding steroid dienone is 3. The third-order valence-corrected chi connectivity index (χ3v) is 5.06. The second-order valence-electron chi connectivity index (χ2n) is 6.86. The molecule has 2 radical (unpaired) electrons. The van der Waals surface area contributed by atoms with Gasteiger partial charge in [0.25, 0.3) is 0 Å². The number of aromatic nitrogens is 4. The molecule has 1 aliphatic rings. The summed E-state index contributed by atoms with van der Waals surface area (Å²) in [5, 5.41) is 8.60. The molecule has 7 heteroatoms. The van der Waals surface area contributed by atoms with Crippen LogP contribution in [0.25, 0.3) is 22.3 Å². The van der Waals surface area contributed by atoms with Crippen LogP contribution in [-0.4, -0.2) is 33.8 Å². The number of nitrogens with zero attached hydrogens (tertiary/aromatic N) is 4. The van der Waals surface area contributed by atoms with Crippen LogP contribution in [0.3, 0.4) is 0 Å². The standard InChI is InChI=1S/C22H20BN5O/c1-3-5-6-18(4-2)29-19-9-7-15(8-10-19)21-20-13-24-14-25-22(20)28(27-21)17-11-16(12-17)26-23/h1,4-10,13-14,16-17,26H,11-12H2,2H3/b6-5-,18-4+. The largest absolute Gasteiger partial charge is 0.458 e. The molecule has 1 fully saturated rings. The molecule has 0 amide bonds. The molecular formula is C22H20BN5O. The van der Waals surface area contributed by atoms with Crippen LogP contribution in [0.5, 0.6) is 5.75 Å². The smallest absolute Gasteiger partial charge is 0.178 e. The van der Waals surface area contributed by atoms with Crippen molar-refractivity contribution >= 4 is 19.0 Å². The lowest BCUT2D eigenvalue weighted by molar-refractivity contribution is 0.239. The van der Waals surface area contributed by atoms with Crippen molar-refractivity contribution in [2.24, 2.45) is 0 Å². The van der Waals surface area contributed by atoms with Crippen molar-refractivity contribution in [2.45, 2.75) is 31.8 Å². The molecule has 0 unspecified atom stereocenters. The maximum atomic E-state index is 5.85. The summed E-state index contributed by atoms with van der Waals surface area (Å²) in [5.74, 6) is 3.87. The third kappa shape index (κ3) is 3.80. The van der Waals surface area contributed by atoms with Crippen LogP contribution < -0.4 is 9.96 Å². The van der Waals surface area contributed by atoms with Crippen LogP contribution in [0.1, 0.15) is 25.8 Å². The van der Waals surface area contributed by atoms with Crippen LogP contribution in [0.15, 0.2) is 60.8 Å². The molecule has 4 rings (SSSR count). The topological polar surface area (TPSA) is 64.9 Å². The fourth-order valence-electron chi connectivity index (χ4n) is 3.41. The number of hydrogen-bond acceptors (Lipinski definition) is 5. The number of fused-ring (bicyclic) bond motifs is 1. The van der Waals surface area contributed by atoms with Crippen LogP contribution in [-0.2, 0) is 0 Å². The van der Waals surface area contributed by atoms with Gasteiger partial charge in [-0.15, -0.1) is 6.42 Å². The number of nitrogens with one attached hydrogen (secondary N) is 1. The van der Waals surface area contributed by atoms with E-state index in [1.807, 2.05) is 48.1 Å². The molecule has 0 spiro atoms. The molecule has 1 aromatic carbocycles. The summed E-state index contributed by atoms with van der Waals surface area (Å²) >= 11 is 0. The van der Waals surface area contributed by atoms with E-state index in [0.29, 0.717) is 11.8 Å². The minimum absolute atomic E-state index is 0.282. The predicted octanol–water partition coefficient (Wildman–Crippen LogP) is 3.34. The third-order valence-electron chi connectivity index (χ3n) is 5.06. The van der Waals surface area contributed by atoms with Crippen molar-refractivity contribution in [3.63, 3.8) is 0 Å². The Labute approximate surface area is 171 Å². The average molecular weight is 381 g/mol. The molecular weight excluding hydrogens is 361 g/mol. The van der Waals surface area contributed by atoms with E-state index in [9.17, 15) is 0 Å². The fourth-order valence-corrected chi connectivity index (χ4v) is 3.41. The van der Waals surface area contributed by atoms with E-state index in [1.165, 1.54) is 0 Å². The van der Waals surface area contributed by atoms with E-state index in [1.54, 1.807) is 18.5 Å². The molecule has 0 bridgehead atoms. The van der Waals surface area contributed by atoms with Gasteiger partial charge in [0.05, 0.1) is 11.4 Å². The molecule has 1 N–H and O–H groups in total. The molecule has 3 aromatic rings. The van der Waals surface area contributed by atoms with Crippen molar-refractivity contribution in [1.82, 2.24) is 25.0 Å². The van der Waals surface area contributed by atoms with Gasteiger partial charge in [-0.3, -0.25) is 0 Å². The lowest BCUT2D eigenvalue weighted by Crippen LogP contribution is -2.41. The average Bonchev–Trinajstić information content (AvgIpc) is 3.10. The van der Waals surface area contributed by atoms with Gasteiger partial charge in [0.1, 0.15) is 23.5 Å². The van der Waals surface area contributed by atoms with E-state index in [4.69, 9.17) is 24.2 Å². The van der Waals surface area contributed by atoms with Crippen LogP contribution >= 0.6 is 0 Å². The van der Waals surface area contributed by atoms with Crippen molar-refractivity contribution in [3.05, 3.63) is 60.8 Å². The molecule has 2 aromatic heterocycles. The normalized spacial score (nSPS) is 19.2. The first-order valence-corrected chi connectivity index (χ1v) is 9.45. The Morgan fingerprint density at radius 1 is 1.34 bits per heavy atom. The van der Waals surface area contributed by atoms with Crippen LogP contribution in [0, 0.1) is 12.3 Å². The first-order chi connectivity index (χ1) is 14.2. The van der Waals surface area contributed by atoms with Gasteiger partial charge in [-0.25, -0.2) is 14.6 Å². The number of terminal acetylenes is 1. The molecule has 6 nitrogen and oxygen atoms in total. The van der Waals surface area contributed by atoms with Gasteiger partial charge in [-0.1, -0.05) is 5.92 Å². The van der Waals surface area contributed by atoms with Crippen LogP contribution in [0.2, 0.25) is 0 Å². The second-order valence-corrected chi connectivity index (χ2v) is 6.86. The van der Waals surface area contributed by atoms with Gasteiger partial charge in [-0.2, -0.15) is 5.10 Å². The van der Waals surface area contributed by atoms with Gasteiger partial charge in [0.15, 0.2) is 13.6 Å². The van der Waals surface area contributed by atoms with Crippen molar-refractivity contribution in [3.8, 4) is 29.4 Å². The van der Waals surface area contributed by atoms with E-state index in [2.05, 4.69) is 21.1 Å². The Morgan fingerprint density at radius 2 is 2.14 bits per heavy atom.